The molecule has 6 heteroatoms. The van der Waals surface area contributed by atoms with Crippen LogP contribution in [-0.4, -0.2) is 70.9 Å². The first-order chi connectivity index (χ1) is 11.5. The van der Waals surface area contributed by atoms with Crippen LogP contribution < -0.4 is 0 Å². The highest BCUT2D eigenvalue weighted by atomic mass is 16.5. The number of methoxy groups -OCH3 is 1. The highest BCUT2D eigenvalue weighted by Crippen LogP contribution is 2.37. The monoisotopic (exact) mass is 334 g/mol. The molecule has 1 amide bonds. The molecule has 2 aliphatic rings. The maximum Gasteiger partial charge on any atom is 0.274 e. The summed E-state index contributed by atoms with van der Waals surface area (Å²) in [7, 11) is 3.70. The summed E-state index contributed by atoms with van der Waals surface area (Å²) >= 11 is 0. The molecule has 1 aromatic rings. The molecule has 2 unspecified atom stereocenters. The quantitative estimate of drug-likeness (QED) is 0.800. The molecule has 24 heavy (non-hydrogen) atoms. The third-order valence-electron chi connectivity index (χ3n) is 5.64. The number of fused-ring (bicyclic) bond motifs is 2. The summed E-state index contributed by atoms with van der Waals surface area (Å²) in [4.78, 5) is 17.3. The van der Waals surface area contributed by atoms with E-state index in [-0.39, 0.29) is 11.9 Å². The van der Waals surface area contributed by atoms with Gasteiger partial charge < -0.3 is 9.64 Å². The van der Waals surface area contributed by atoms with Crippen molar-refractivity contribution >= 4 is 5.91 Å². The van der Waals surface area contributed by atoms with Gasteiger partial charge in [0.05, 0.1) is 6.61 Å². The Morgan fingerprint density at radius 3 is 2.58 bits per heavy atom. The molecule has 2 fully saturated rings. The Labute approximate surface area is 144 Å². The van der Waals surface area contributed by atoms with E-state index in [1.54, 1.807) is 7.11 Å². The summed E-state index contributed by atoms with van der Waals surface area (Å²) in [5.41, 5.74) is 0.556. The van der Waals surface area contributed by atoms with Crippen molar-refractivity contribution < 1.29 is 9.53 Å². The molecule has 2 atom stereocenters. The van der Waals surface area contributed by atoms with E-state index < -0.39 is 0 Å². The van der Waals surface area contributed by atoms with Gasteiger partial charge in [-0.05, 0) is 45.6 Å². The fourth-order valence-corrected chi connectivity index (χ4v) is 4.21. The zero-order chi connectivity index (χ0) is 17.3. The zero-order valence-electron chi connectivity index (χ0n) is 15.3. The van der Waals surface area contributed by atoms with E-state index in [1.807, 2.05) is 28.9 Å². The molecule has 2 aliphatic heterocycles. The first kappa shape index (κ1) is 17.4. The van der Waals surface area contributed by atoms with Crippen molar-refractivity contribution in [3.63, 3.8) is 0 Å². The molecule has 0 aromatic carbocycles. The van der Waals surface area contributed by atoms with Crippen molar-refractivity contribution in [3.8, 4) is 0 Å². The largest absolute Gasteiger partial charge is 0.383 e. The Morgan fingerprint density at radius 2 is 2.04 bits per heavy atom. The van der Waals surface area contributed by atoms with Gasteiger partial charge in [0, 0.05) is 51.1 Å². The lowest BCUT2D eigenvalue weighted by atomic mass is 9.96. The topological polar surface area (TPSA) is 50.6 Å². The van der Waals surface area contributed by atoms with Gasteiger partial charge in [0.2, 0.25) is 0 Å². The predicted molar refractivity (Wildman–Crippen MR) is 93.1 cm³/mol. The van der Waals surface area contributed by atoms with E-state index in [4.69, 9.17) is 4.74 Å². The standard InChI is InChI=1S/C18H30N4O2/c1-13(2)22-8-7-17(19-22)18(23)20(3)16-11-14-5-6-15(12-16)21(14)9-10-24-4/h7-8,13-16H,5-6,9-12H2,1-4H3. The highest BCUT2D eigenvalue weighted by Gasteiger charge is 2.42. The molecule has 134 valence electrons. The third kappa shape index (κ3) is 3.35. The minimum atomic E-state index is 0.0455. The van der Waals surface area contributed by atoms with Crippen LogP contribution in [0, 0.1) is 0 Å². The fraction of sp³-hybridized carbons (Fsp3) is 0.778. The van der Waals surface area contributed by atoms with Crippen LogP contribution in [0.25, 0.3) is 0 Å². The van der Waals surface area contributed by atoms with Crippen LogP contribution in [0.4, 0.5) is 0 Å². The lowest BCUT2D eigenvalue weighted by molar-refractivity contribution is 0.0402. The number of carbonyl (C=O) groups excluding carboxylic acids is 1. The minimum absolute atomic E-state index is 0.0455. The van der Waals surface area contributed by atoms with Crippen LogP contribution in [0.3, 0.4) is 0 Å². The SMILES string of the molecule is COCCN1C2CCC1CC(N(C)C(=O)c1ccn(C(C)C)n1)C2. The van der Waals surface area contributed by atoms with Crippen molar-refractivity contribution in [3.05, 3.63) is 18.0 Å². The summed E-state index contributed by atoms with van der Waals surface area (Å²) < 4.78 is 7.09. The molecule has 2 bridgehead atoms. The van der Waals surface area contributed by atoms with Crippen LogP contribution in [0.5, 0.6) is 0 Å². The van der Waals surface area contributed by atoms with E-state index in [0.717, 1.165) is 26.0 Å². The lowest BCUT2D eigenvalue weighted by Gasteiger charge is -2.42. The van der Waals surface area contributed by atoms with Gasteiger partial charge in [-0.2, -0.15) is 5.10 Å². The zero-order valence-corrected chi connectivity index (χ0v) is 15.3. The Hall–Kier alpha value is -1.40. The number of nitrogens with zero attached hydrogens (tertiary/aromatic N) is 4. The first-order valence-electron chi connectivity index (χ1n) is 9.08. The number of rotatable bonds is 6. The first-order valence-corrected chi connectivity index (χ1v) is 9.08. The molecule has 2 saturated heterocycles. The van der Waals surface area contributed by atoms with Crippen molar-refractivity contribution in [2.75, 3.05) is 27.3 Å². The third-order valence-corrected chi connectivity index (χ3v) is 5.64. The number of amides is 1. The lowest BCUT2D eigenvalue weighted by Crippen LogP contribution is -2.51. The summed E-state index contributed by atoms with van der Waals surface area (Å²) in [5.74, 6) is 0.0455. The second-order valence-electron chi connectivity index (χ2n) is 7.43. The van der Waals surface area contributed by atoms with Crippen molar-refractivity contribution in [2.45, 2.75) is 63.7 Å². The molecule has 0 N–H and O–H groups in total. The van der Waals surface area contributed by atoms with E-state index in [9.17, 15) is 4.79 Å². The van der Waals surface area contributed by atoms with Gasteiger partial charge in [-0.1, -0.05) is 0 Å². The average molecular weight is 334 g/mol. The minimum Gasteiger partial charge on any atom is -0.383 e. The van der Waals surface area contributed by atoms with Crippen LogP contribution in [0.2, 0.25) is 0 Å². The molecule has 0 spiro atoms. The normalized spacial score (nSPS) is 27.0. The van der Waals surface area contributed by atoms with E-state index >= 15 is 0 Å². The molecule has 0 saturated carbocycles. The molecule has 0 aliphatic carbocycles. The summed E-state index contributed by atoms with van der Waals surface area (Å²) in [6, 6.07) is 3.61. The second-order valence-corrected chi connectivity index (χ2v) is 7.43. The number of piperidine rings is 1. The predicted octanol–water partition coefficient (Wildman–Crippen LogP) is 2.18. The van der Waals surface area contributed by atoms with Gasteiger partial charge in [-0.25, -0.2) is 0 Å². The van der Waals surface area contributed by atoms with E-state index in [2.05, 4.69) is 23.8 Å². The van der Waals surface area contributed by atoms with Crippen LogP contribution in [-0.2, 0) is 4.74 Å². The Morgan fingerprint density at radius 1 is 1.38 bits per heavy atom. The average Bonchev–Trinajstić information content (AvgIpc) is 3.14. The van der Waals surface area contributed by atoms with Crippen LogP contribution >= 0.6 is 0 Å². The van der Waals surface area contributed by atoms with Crippen molar-refractivity contribution in [1.82, 2.24) is 19.6 Å². The molecule has 3 heterocycles. The van der Waals surface area contributed by atoms with Crippen LogP contribution in [0.1, 0.15) is 56.1 Å². The summed E-state index contributed by atoms with van der Waals surface area (Å²) in [6.07, 6.45) is 6.51. The Kier molecular flexibility index (Phi) is 5.25. The molecular formula is C18H30N4O2. The number of carbonyl (C=O) groups is 1. The number of hydrogen-bond donors (Lipinski definition) is 0. The molecular weight excluding hydrogens is 304 g/mol. The van der Waals surface area contributed by atoms with Gasteiger partial charge >= 0.3 is 0 Å². The molecule has 1 aromatic heterocycles. The number of ether oxygens (including phenoxy) is 1. The number of aromatic nitrogens is 2. The van der Waals surface area contributed by atoms with Crippen molar-refractivity contribution in [1.29, 1.82) is 0 Å². The smallest absolute Gasteiger partial charge is 0.274 e. The molecule has 6 nitrogen and oxygen atoms in total. The van der Waals surface area contributed by atoms with Gasteiger partial charge in [0.25, 0.3) is 5.91 Å². The fourth-order valence-electron chi connectivity index (χ4n) is 4.21. The van der Waals surface area contributed by atoms with Crippen LogP contribution in [0.15, 0.2) is 12.3 Å². The van der Waals surface area contributed by atoms with Crippen molar-refractivity contribution in [2.24, 2.45) is 0 Å². The van der Waals surface area contributed by atoms with E-state index in [1.165, 1.54) is 12.8 Å². The van der Waals surface area contributed by atoms with Gasteiger partial charge in [0.15, 0.2) is 0 Å². The number of hydrogen-bond acceptors (Lipinski definition) is 4. The molecule has 3 rings (SSSR count). The molecule has 0 radical (unpaired) electrons. The Bertz CT molecular complexity index is 557. The van der Waals surface area contributed by atoms with Gasteiger partial charge in [0.1, 0.15) is 5.69 Å². The van der Waals surface area contributed by atoms with E-state index in [0.29, 0.717) is 23.8 Å². The second kappa shape index (κ2) is 7.23. The maximum atomic E-state index is 12.8. The maximum absolute atomic E-state index is 12.8. The van der Waals surface area contributed by atoms with Gasteiger partial charge in [-0.15, -0.1) is 0 Å². The summed E-state index contributed by atoms with van der Waals surface area (Å²) in [5, 5.41) is 4.43. The highest BCUT2D eigenvalue weighted by molar-refractivity contribution is 5.92. The Balaban J connectivity index is 1.63. The summed E-state index contributed by atoms with van der Waals surface area (Å²) in [6.45, 7) is 5.94. The van der Waals surface area contributed by atoms with Gasteiger partial charge in [-0.3, -0.25) is 14.4 Å².